The number of nitrogens with zero attached hydrogens (tertiary/aromatic N) is 4. The number of amides is 1. The lowest BCUT2D eigenvalue weighted by atomic mass is 9.93. The number of rotatable bonds is 8. The van der Waals surface area contributed by atoms with Crippen LogP contribution in [0.4, 0.5) is 10.6 Å². The summed E-state index contributed by atoms with van der Waals surface area (Å²) in [7, 11) is -1.18. The largest absolute Gasteiger partial charge is 0.465 e. The minimum atomic E-state index is -1.18. The minimum Gasteiger partial charge on any atom is -0.465 e. The van der Waals surface area contributed by atoms with Gasteiger partial charge in [0.1, 0.15) is 24.5 Å². The van der Waals surface area contributed by atoms with Crippen molar-refractivity contribution in [2.45, 2.75) is 57.7 Å². The highest BCUT2D eigenvalue weighted by Gasteiger charge is 2.24. The summed E-state index contributed by atoms with van der Waals surface area (Å²) in [6, 6.07) is 3.25. The third-order valence-corrected chi connectivity index (χ3v) is 7.97. The highest BCUT2D eigenvalue weighted by molar-refractivity contribution is 6.76. The maximum atomic E-state index is 11.0. The number of nitrogens with one attached hydrogen (secondary N) is 1. The highest BCUT2D eigenvalue weighted by atomic mass is 28.3. The molecule has 0 bridgehead atoms. The van der Waals surface area contributed by atoms with E-state index in [1.54, 1.807) is 6.33 Å². The summed E-state index contributed by atoms with van der Waals surface area (Å²) < 4.78 is 13.8. The van der Waals surface area contributed by atoms with Crippen LogP contribution in [0.1, 0.15) is 25.0 Å². The van der Waals surface area contributed by atoms with E-state index < -0.39 is 14.2 Å². The second-order valence-electron chi connectivity index (χ2n) is 9.99. The van der Waals surface area contributed by atoms with Crippen LogP contribution in [0.15, 0.2) is 18.5 Å². The zero-order valence-corrected chi connectivity index (χ0v) is 20.8. The number of carboxylic acid groups (broad SMARTS) is 1. The van der Waals surface area contributed by atoms with E-state index in [9.17, 15) is 4.79 Å². The van der Waals surface area contributed by atoms with Crippen LogP contribution in [0, 0.1) is 0 Å². The molecule has 3 heterocycles. The lowest BCUT2D eigenvalue weighted by molar-refractivity contribution is 0.0893. The van der Waals surface area contributed by atoms with Gasteiger partial charge in [0.25, 0.3) is 0 Å². The molecule has 0 spiro atoms. The summed E-state index contributed by atoms with van der Waals surface area (Å²) in [4.78, 5) is 22.5. The average Bonchev–Trinajstić information content (AvgIpc) is 3.15. The molecule has 33 heavy (non-hydrogen) atoms. The van der Waals surface area contributed by atoms with E-state index in [0.717, 1.165) is 61.1 Å². The fourth-order valence-electron chi connectivity index (χ4n) is 4.38. The lowest BCUT2D eigenvalue weighted by Gasteiger charge is -2.28. The van der Waals surface area contributed by atoms with Gasteiger partial charge >= 0.3 is 6.09 Å². The summed E-state index contributed by atoms with van der Waals surface area (Å²) in [5, 5.41) is 12.7. The van der Waals surface area contributed by atoms with E-state index >= 15 is 0 Å². The first-order valence-electron chi connectivity index (χ1n) is 11.8. The van der Waals surface area contributed by atoms with E-state index in [1.165, 1.54) is 5.57 Å². The number of morpholine rings is 1. The van der Waals surface area contributed by atoms with Crippen LogP contribution in [0.5, 0.6) is 0 Å². The minimum absolute atomic E-state index is 0.0409. The Kier molecular flexibility index (Phi) is 7.35. The maximum absolute atomic E-state index is 11.0. The van der Waals surface area contributed by atoms with Gasteiger partial charge < -0.3 is 29.4 Å². The van der Waals surface area contributed by atoms with Gasteiger partial charge in [-0.15, -0.1) is 0 Å². The number of hydrogen-bond donors (Lipinski definition) is 2. The fraction of sp³-hybridized carbons (Fsp3) is 0.609. The Labute approximate surface area is 195 Å². The maximum Gasteiger partial charge on any atom is 0.404 e. The smallest absolute Gasteiger partial charge is 0.404 e. The van der Waals surface area contributed by atoms with Crippen molar-refractivity contribution in [1.29, 1.82) is 0 Å². The molecule has 4 rings (SSSR count). The van der Waals surface area contributed by atoms with Crippen LogP contribution in [0.25, 0.3) is 16.6 Å². The van der Waals surface area contributed by atoms with E-state index in [-0.39, 0.29) is 6.04 Å². The molecule has 2 aliphatic rings. The van der Waals surface area contributed by atoms with Gasteiger partial charge in [-0.05, 0) is 36.9 Å². The number of hydrogen-bond acceptors (Lipinski definition) is 6. The normalized spacial score (nSPS) is 19.5. The van der Waals surface area contributed by atoms with Gasteiger partial charge in [-0.2, -0.15) is 0 Å². The van der Waals surface area contributed by atoms with Crippen LogP contribution in [0.3, 0.4) is 0 Å². The number of aromatic nitrogens is 3. The van der Waals surface area contributed by atoms with E-state index in [4.69, 9.17) is 14.6 Å². The topological polar surface area (TPSA) is 102 Å². The van der Waals surface area contributed by atoms with Crippen molar-refractivity contribution in [1.82, 2.24) is 19.9 Å². The molecule has 1 amide bonds. The predicted octanol–water partition coefficient (Wildman–Crippen LogP) is 3.78. The lowest BCUT2D eigenvalue weighted by Crippen LogP contribution is -2.36. The predicted molar refractivity (Wildman–Crippen MR) is 131 cm³/mol. The van der Waals surface area contributed by atoms with Crippen LogP contribution in [0.2, 0.25) is 25.7 Å². The number of carbonyl (C=O) groups is 1. The SMILES string of the molecule is C[Si](C)(C)CCOCn1c(C2=CCC(NC(=O)O)CC2)cc2c(N3CCOCC3)ncnc21. The van der Waals surface area contributed by atoms with Gasteiger partial charge in [-0.3, -0.25) is 0 Å². The molecule has 1 aliphatic heterocycles. The van der Waals surface area contributed by atoms with Crippen molar-refractivity contribution < 1.29 is 19.4 Å². The molecule has 2 N–H and O–H groups in total. The first kappa shape index (κ1) is 23.7. The Morgan fingerprint density at radius 2 is 2.09 bits per heavy atom. The van der Waals surface area contributed by atoms with Gasteiger partial charge in [-0.1, -0.05) is 25.7 Å². The molecule has 1 unspecified atom stereocenters. The molecule has 0 radical (unpaired) electrons. The Morgan fingerprint density at radius 1 is 1.30 bits per heavy atom. The zero-order chi connectivity index (χ0) is 23.4. The van der Waals surface area contributed by atoms with E-state index in [1.807, 2.05) is 0 Å². The molecule has 1 aliphatic carbocycles. The van der Waals surface area contributed by atoms with Gasteiger partial charge in [0.2, 0.25) is 0 Å². The summed E-state index contributed by atoms with van der Waals surface area (Å²) in [6.45, 7) is 11.2. The van der Waals surface area contributed by atoms with Crippen LogP contribution in [-0.2, 0) is 16.2 Å². The summed E-state index contributed by atoms with van der Waals surface area (Å²) >= 11 is 0. The molecule has 1 fully saturated rings. The first-order valence-corrected chi connectivity index (χ1v) is 15.5. The number of fused-ring (bicyclic) bond motifs is 1. The van der Waals surface area contributed by atoms with E-state index in [0.29, 0.717) is 26.4 Å². The Bertz CT molecular complexity index is 1010. The second kappa shape index (κ2) is 10.2. The Morgan fingerprint density at radius 3 is 2.76 bits per heavy atom. The van der Waals surface area contributed by atoms with Gasteiger partial charge in [0, 0.05) is 39.5 Å². The van der Waals surface area contributed by atoms with Crippen molar-refractivity contribution in [2.75, 3.05) is 37.8 Å². The van der Waals surface area contributed by atoms with Crippen molar-refractivity contribution in [2.24, 2.45) is 0 Å². The Balaban J connectivity index is 1.64. The monoisotopic (exact) mass is 473 g/mol. The number of ether oxygens (including phenoxy) is 2. The third-order valence-electron chi connectivity index (χ3n) is 6.26. The third kappa shape index (κ3) is 5.93. The quantitative estimate of drug-likeness (QED) is 0.444. The van der Waals surface area contributed by atoms with Gasteiger partial charge in [0.05, 0.1) is 18.6 Å². The van der Waals surface area contributed by atoms with Gasteiger partial charge in [-0.25, -0.2) is 14.8 Å². The highest BCUT2D eigenvalue weighted by Crippen LogP contribution is 2.34. The second-order valence-corrected chi connectivity index (χ2v) is 15.6. The van der Waals surface area contributed by atoms with Crippen molar-refractivity contribution in [3.05, 3.63) is 24.2 Å². The van der Waals surface area contributed by atoms with Crippen molar-refractivity contribution in [3.63, 3.8) is 0 Å². The van der Waals surface area contributed by atoms with E-state index in [2.05, 4.69) is 56.5 Å². The van der Waals surface area contributed by atoms with Gasteiger partial charge in [0.15, 0.2) is 0 Å². The van der Waals surface area contributed by atoms with Crippen LogP contribution in [-0.4, -0.2) is 72.8 Å². The zero-order valence-electron chi connectivity index (χ0n) is 19.8. The molecule has 180 valence electrons. The summed E-state index contributed by atoms with van der Waals surface area (Å²) in [6.07, 6.45) is 5.08. The average molecular weight is 474 g/mol. The van der Waals surface area contributed by atoms with Crippen LogP contribution < -0.4 is 10.2 Å². The first-order chi connectivity index (χ1) is 15.8. The molecule has 1 atom stereocenters. The molecular formula is C23H35N5O4Si. The fourth-order valence-corrected chi connectivity index (χ4v) is 5.14. The Hall–Kier alpha value is -2.43. The van der Waals surface area contributed by atoms with Crippen LogP contribution >= 0.6 is 0 Å². The molecule has 0 saturated carbocycles. The molecule has 0 aromatic carbocycles. The molecule has 1 saturated heterocycles. The summed E-state index contributed by atoms with van der Waals surface area (Å²) in [5.74, 6) is 0.937. The molecule has 2 aromatic rings. The van der Waals surface area contributed by atoms with Crippen molar-refractivity contribution in [3.8, 4) is 0 Å². The molecule has 10 heteroatoms. The standard InChI is InChI=1S/C23H35N5O4Si/c1-33(2,3)13-12-32-16-28-20(17-4-6-18(7-5-17)26-23(29)30)14-19-21(24-15-25-22(19)28)27-8-10-31-11-9-27/h4,14-15,18,26H,5-13,16H2,1-3H3,(H,29,30). The molecule has 2 aromatic heterocycles. The number of allylic oxidation sites excluding steroid dienone is 1. The summed E-state index contributed by atoms with van der Waals surface area (Å²) in [5.41, 5.74) is 3.17. The van der Waals surface area contributed by atoms with Crippen molar-refractivity contribution >= 4 is 36.6 Å². The number of anilines is 1. The molecular weight excluding hydrogens is 438 g/mol. The molecule has 9 nitrogen and oxygen atoms in total.